The van der Waals surface area contributed by atoms with E-state index in [4.69, 9.17) is 5.73 Å². The summed E-state index contributed by atoms with van der Waals surface area (Å²) in [5.74, 6) is 0.947. The molecule has 80 valence electrons. The van der Waals surface area contributed by atoms with Crippen molar-refractivity contribution in [3.63, 3.8) is 0 Å². The largest absolute Gasteiger partial charge is 0.396 e. The van der Waals surface area contributed by atoms with Gasteiger partial charge in [-0.15, -0.1) is 10.2 Å². The number of aryl methyl sites for hydroxylation is 1. The zero-order valence-corrected chi connectivity index (χ0v) is 9.57. The molecule has 0 spiro atoms. The van der Waals surface area contributed by atoms with E-state index in [0.717, 1.165) is 17.2 Å². The van der Waals surface area contributed by atoms with Crippen molar-refractivity contribution < 1.29 is 0 Å². The summed E-state index contributed by atoms with van der Waals surface area (Å²) in [6, 6.07) is 3.85. The standard InChI is InChI=1S/C11H16N4/c1-7-5-6-8(12)9-13-14-10(15(7)9)11(2,3)4/h5-6H,12H2,1-4H3. The first-order valence-corrected chi connectivity index (χ1v) is 5.02. The summed E-state index contributed by atoms with van der Waals surface area (Å²) in [4.78, 5) is 0. The summed E-state index contributed by atoms with van der Waals surface area (Å²) in [7, 11) is 0. The van der Waals surface area contributed by atoms with E-state index in [-0.39, 0.29) is 5.41 Å². The maximum absolute atomic E-state index is 5.86. The molecule has 2 aromatic heterocycles. The summed E-state index contributed by atoms with van der Waals surface area (Å²) < 4.78 is 2.02. The van der Waals surface area contributed by atoms with Gasteiger partial charge in [-0.2, -0.15) is 0 Å². The topological polar surface area (TPSA) is 56.2 Å². The zero-order valence-electron chi connectivity index (χ0n) is 9.57. The molecule has 0 saturated carbocycles. The maximum Gasteiger partial charge on any atom is 0.184 e. The van der Waals surface area contributed by atoms with Crippen LogP contribution in [0.4, 0.5) is 5.69 Å². The van der Waals surface area contributed by atoms with Gasteiger partial charge >= 0.3 is 0 Å². The SMILES string of the molecule is Cc1ccc(N)c2nnc(C(C)(C)C)n12. The van der Waals surface area contributed by atoms with Gasteiger partial charge in [0.25, 0.3) is 0 Å². The molecule has 0 aliphatic heterocycles. The molecule has 2 N–H and O–H groups in total. The van der Waals surface area contributed by atoms with Gasteiger partial charge in [0.2, 0.25) is 0 Å². The van der Waals surface area contributed by atoms with Gasteiger partial charge in [-0.3, -0.25) is 4.40 Å². The average Bonchev–Trinajstić information content (AvgIpc) is 2.55. The third kappa shape index (κ3) is 1.46. The summed E-state index contributed by atoms with van der Waals surface area (Å²) in [5, 5.41) is 8.35. The molecule has 0 radical (unpaired) electrons. The lowest BCUT2D eigenvalue weighted by Crippen LogP contribution is -2.17. The molecular weight excluding hydrogens is 188 g/mol. The van der Waals surface area contributed by atoms with Crippen LogP contribution in [-0.2, 0) is 5.41 Å². The second kappa shape index (κ2) is 2.95. The highest BCUT2D eigenvalue weighted by atomic mass is 15.3. The highest BCUT2D eigenvalue weighted by molar-refractivity contribution is 5.64. The van der Waals surface area contributed by atoms with Gasteiger partial charge in [0.15, 0.2) is 5.65 Å². The Morgan fingerprint density at radius 3 is 2.47 bits per heavy atom. The van der Waals surface area contributed by atoms with Crippen LogP contribution in [0, 0.1) is 6.92 Å². The molecule has 4 heteroatoms. The number of pyridine rings is 1. The predicted molar refractivity (Wildman–Crippen MR) is 60.8 cm³/mol. The van der Waals surface area contributed by atoms with E-state index in [1.807, 2.05) is 23.5 Å². The second-order valence-corrected chi connectivity index (χ2v) is 4.86. The van der Waals surface area contributed by atoms with Gasteiger partial charge < -0.3 is 5.73 Å². The van der Waals surface area contributed by atoms with E-state index in [1.165, 1.54) is 0 Å². The van der Waals surface area contributed by atoms with Crippen molar-refractivity contribution in [3.05, 3.63) is 23.7 Å². The first kappa shape index (κ1) is 9.96. The molecule has 0 aromatic carbocycles. The Balaban J connectivity index is 2.85. The Labute approximate surface area is 89.1 Å². The maximum atomic E-state index is 5.86. The number of fused-ring (bicyclic) bond motifs is 1. The molecule has 0 aliphatic rings. The molecule has 0 unspecified atom stereocenters. The van der Waals surface area contributed by atoms with Gasteiger partial charge in [0.05, 0.1) is 5.69 Å². The minimum atomic E-state index is -0.0298. The van der Waals surface area contributed by atoms with Gasteiger partial charge in [0, 0.05) is 11.1 Å². The number of hydrogen-bond acceptors (Lipinski definition) is 3. The van der Waals surface area contributed by atoms with Crippen LogP contribution >= 0.6 is 0 Å². The van der Waals surface area contributed by atoms with Crippen molar-refractivity contribution in [1.82, 2.24) is 14.6 Å². The van der Waals surface area contributed by atoms with E-state index in [1.54, 1.807) is 0 Å². The van der Waals surface area contributed by atoms with Crippen molar-refractivity contribution in [2.45, 2.75) is 33.1 Å². The van der Waals surface area contributed by atoms with Crippen LogP contribution in [0.3, 0.4) is 0 Å². The van der Waals surface area contributed by atoms with Gasteiger partial charge in [-0.25, -0.2) is 0 Å². The molecule has 0 aliphatic carbocycles. The van der Waals surface area contributed by atoms with Gasteiger partial charge in [-0.1, -0.05) is 20.8 Å². The molecule has 0 saturated heterocycles. The fourth-order valence-electron chi connectivity index (χ4n) is 1.65. The quantitative estimate of drug-likeness (QED) is 0.713. The van der Waals surface area contributed by atoms with Crippen LogP contribution in [0.1, 0.15) is 32.3 Å². The number of nitrogens with two attached hydrogens (primary N) is 1. The third-order valence-electron chi connectivity index (χ3n) is 2.45. The molecule has 15 heavy (non-hydrogen) atoms. The minimum absolute atomic E-state index is 0.0298. The summed E-state index contributed by atoms with van der Waals surface area (Å²) in [6.45, 7) is 8.38. The Morgan fingerprint density at radius 2 is 1.87 bits per heavy atom. The number of nitrogens with zero attached hydrogens (tertiary/aromatic N) is 3. The molecule has 0 atom stereocenters. The highest BCUT2D eigenvalue weighted by Crippen LogP contribution is 2.24. The second-order valence-electron chi connectivity index (χ2n) is 4.86. The van der Waals surface area contributed by atoms with Crippen LogP contribution in [0.15, 0.2) is 12.1 Å². The number of rotatable bonds is 0. The number of aromatic nitrogens is 3. The normalized spacial score (nSPS) is 12.3. The van der Waals surface area contributed by atoms with Crippen LogP contribution in [0.2, 0.25) is 0 Å². The van der Waals surface area contributed by atoms with Crippen LogP contribution in [0.5, 0.6) is 0 Å². The van der Waals surface area contributed by atoms with E-state index < -0.39 is 0 Å². The molecule has 2 rings (SSSR count). The van der Waals surface area contributed by atoms with Crippen LogP contribution in [0.25, 0.3) is 5.65 Å². The zero-order chi connectivity index (χ0) is 11.2. The van der Waals surface area contributed by atoms with Crippen molar-refractivity contribution in [2.24, 2.45) is 0 Å². The number of hydrogen-bond donors (Lipinski definition) is 1. The van der Waals surface area contributed by atoms with Crippen LogP contribution in [-0.4, -0.2) is 14.6 Å². The monoisotopic (exact) mass is 204 g/mol. The molecule has 4 nitrogen and oxygen atoms in total. The Kier molecular flexibility index (Phi) is 1.96. The van der Waals surface area contributed by atoms with E-state index >= 15 is 0 Å². The molecule has 0 bridgehead atoms. The van der Waals surface area contributed by atoms with Crippen molar-refractivity contribution in [3.8, 4) is 0 Å². The summed E-state index contributed by atoms with van der Waals surface area (Å²) in [5.41, 5.74) is 8.35. The lowest BCUT2D eigenvalue weighted by molar-refractivity contribution is 0.536. The molecule has 2 aromatic rings. The first-order chi connectivity index (χ1) is 6.91. The molecule has 0 fully saturated rings. The Bertz CT molecular complexity index is 505. The lowest BCUT2D eigenvalue weighted by atomic mass is 9.96. The molecule has 0 amide bonds. The van der Waals surface area contributed by atoms with Gasteiger partial charge in [-0.05, 0) is 19.1 Å². The number of nitrogen functional groups attached to an aromatic ring is 1. The summed E-state index contributed by atoms with van der Waals surface area (Å²) in [6.07, 6.45) is 0. The fourth-order valence-corrected chi connectivity index (χ4v) is 1.65. The van der Waals surface area contributed by atoms with E-state index in [9.17, 15) is 0 Å². The number of anilines is 1. The Morgan fingerprint density at radius 1 is 1.20 bits per heavy atom. The van der Waals surface area contributed by atoms with Crippen LogP contribution < -0.4 is 5.73 Å². The van der Waals surface area contributed by atoms with Crippen molar-refractivity contribution in [1.29, 1.82) is 0 Å². The van der Waals surface area contributed by atoms with E-state index in [0.29, 0.717) is 5.69 Å². The third-order valence-corrected chi connectivity index (χ3v) is 2.45. The van der Waals surface area contributed by atoms with E-state index in [2.05, 4.69) is 31.0 Å². The fraction of sp³-hybridized carbons (Fsp3) is 0.455. The molecular formula is C11H16N4. The summed E-state index contributed by atoms with van der Waals surface area (Å²) >= 11 is 0. The first-order valence-electron chi connectivity index (χ1n) is 5.02. The molecule has 2 heterocycles. The average molecular weight is 204 g/mol. The van der Waals surface area contributed by atoms with Crippen molar-refractivity contribution >= 4 is 11.3 Å². The highest BCUT2D eigenvalue weighted by Gasteiger charge is 2.22. The van der Waals surface area contributed by atoms with Crippen molar-refractivity contribution in [2.75, 3.05) is 5.73 Å². The lowest BCUT2D eigenvalue weighted by Gasteiger charge is -2.17. The predicted octanol–water partition coefficient (Wildman–Crippen LogP) is 1.92. The Hall–Kier alpha value is -1.58. The smallest absolute Gasteiger partial charge is 0.184 e. The van der Waals surface area contributed by atoms with Gasteiger partial charge in [0.1, 0.15) is 5.82 Å². The minimum Gasteiger partial charge on any atom is -0.396 e.